The van der Waals surface area contributed by atoms with E-state index in [1.165, 1.54) is 122 Å². The van der Waals surface area contributed by atoms with Gasteiger partial charge in [-0.2, -0.15) is 0 Å². The molecule has 0 aromatic heterocycles. The number of unbranched alkanes of at least 4 members (excludes halogenated alkanes) is 35. The van der Waals surface area contributed by atoms with Crippen LogP contribution in [-0.4, -0.2) is 96.7 Å². The van der Waals surface area contributed by atoms with Gasteiger partial charge < -0.3 is 33.8 Å². The van der Waals surface area contributed by atoms with Crippen molar-refractivity contribution in [3.8, 4) is 0 Å². The van der Waals surface area contributed by atoms with Crippen molar-refractivity contribution in [3.05, 3.63) is 48.6 Å². The third kappa shape index (κ3) is 65.7. The van der Waals surface area contributed by atoms with E-state index in [-0.39, 0.29) is 25.7 Å². The maximum Gasteiger partial charge on any atom is 0.472 e. The number of rotatable bonds is 69. The minimum atomic E-state index is -4.97. The Morgan fingerprint density at radius 2 is 0.587 bits per heavy atom. The first-order chi connectivity index (χ1) is 44.5. The molecule has 0 radical (unpaired) electrons. The second-order valence-corrected chi connectivity index (χ2v) is 28.3. The summed E-state index contributed by atoms with van der Waals surface area (Å²) < 4.78 is 68.3. The number of phosphoric acid groups is 2. The van der Waals surface area contributed by atoms with Gasteiger partial charge in [-0.05, 0) is 83.0 Å². The predicted octanol–water partition coefficient (Wildman–Crippen LogP) is 20.4. The second kappa shape index (κ2) is 65.3. The molecule has 0 spiro atoms. The van der Waals surface area contributed by atoms with Crippen molar-refractivity contribution in [1.29, 1.82) is 0 Å². The van der Waals surface area contributed by atoms with Gasteiger partial charge in [0.05, 0.1) is 26.4 Å². The van der Waals surface area contributed by atoms with E-state index in [0.29, 0.717) is 25.7 Å². The summed E-state index contributed by atoms with van der Waals surface area (Å²) in [5, 5.41) is 10.6. The Morgan fingerprint density at radius 1 is 0.337 bits per heavy atom. The summed E-state index contributed by atoms with van der Waals surface area (Å²) in [6.07, 6.45) is 58.4. The average Bonchev–Trinajstić information content (AvgIpc) is 3.30. The van der Waals surface area contributed by atoms with E-state index < -0.39 is 97.5 Å². The van der Waals surface area contributed by atoms with Gasteiger partial charge in [0, 0.05) is 25.7 Å². The van der Waals surface area contributed by atoms with Crippen molar-refractivity contribution in [2.75, 3.05) is 39.6 Å². The lowest BCUT2D eigenvalue weighted by atomic mass is 10.0. The average molecular weight is 1350 g/mol. The number of aliphatic hydroxyl groups excluding tert-OH is 1. The lowest BCUT2D eigenvalue weighted by Gasteiger charge is -2.21. The Morgan fingerprint density at radius 3 is 0.891 bits per heavy atom. The van der Waals surface area contributed by atoms with Gasteiger partial charge in [-0.25, -0.2) is 9.13 Å². The van der Waals surface area contributed by atoms with E-state index in [0.717, 1.165) is 128 Å². The molecule has 538 valence electrons. The van der Waals surface area contributed by atoms with Crippen LogP contribution in [0.25, 0.3) is 0 Å². The molecular weight excluding hydrogens is 1210 g/mol. The van der Waals surface area contributed by atoms with Gasteiger partial charge >= 0.3 is 39.5 Å². The van der Waals surface area contributed by atoms with Gasteiger partial charge in [0.1, 0.15) is 19.3 Å². The number of hydrogen-bond acceptors (Lipinski definition) is 15. The molecule has 5 atom stereocenters. The molecule has 0 saturated carbocycles. The molecule has 17 nitrogen and oxygen atoms in total. The molecule has 0 aliphatic rings. The van der Waals surface area contributed by atoms with Crippen molar-refractivity contribution < 1.29 is 80.2 Å². The Kier molecular flexibility index (Phi) is 63.2. The second-order valence-electron chi connectivity index (χ2n) is 25.4. The summed E-state index contributed by atoms with van der Waals surface area (Å²) in [7, 11) is -9.93. The number of phosphoric ester groups is 2. The molecule has 0 fully saturated rings. The first-order valence-electron chi connectivity index (χ1n) is 36.8. The van der Waals surface area contributed by atoms with Crippen LogP contribution < -0.4 is 0 Å². The van der Waals surface area contributed by atoms with Gasteiger partial charge in [-0.15, -0.1) is 0 Å². The van der Waals surface area contributed by atoms with Gasteiger partial charge in [0.25, 0.3) is 0 Å². The topological polar surface area (TPSA) is 237 Å². The molecular formula is C73H134O17P2. The van der Waals surface area contributed by atoms with Crippen LogP contribution in [0.15, 0.2) is 48.6 Å². The fraction of sp³-hybridized carbons (Fsp3) is 0.836. The summed E-state index contributed by atoms with van der Waals surface area (Å²) in [5.41, 5.74) is 0. The van der Waals surface area contributed by atoms with Crippen LogP contribution in [-0.2, 0) is 65.4 Å². The minimum Gasteiger partial charge on any atom is -0.462 e. The molecule has 0 bridgehead atoms. The number of ether oxygens (including phenoxy) is 4. The van der Waals surface area contributed by atoms with Crippen LogP contribution in [0.4, 0.5) is 0 Å². The van der Waals surface area contributed by atoms with Crippen LogP contribution in [0.5, 0.6) is 0 Å². The molecule has 0 amide bonds. The molecule has 19 heteroatoms. The SMILES string of the molecule is CCCCCC/C=C\C=C/CCCCCCCC(=O)OC[C@H](COP(=O)(O)OC[C@@H](O)COP(=O)(O)OC[C@@H](COC(=O)CCCCCCCCCCC)OC(=O)CCCCCCCCCCCCC(C)C)OC(=O)CCCCCCC/C=C\C=C/CCCCCC. The van der Waals surface area contributed by atoms with E-state index in [9.17, 15) is 43.2 Å². The Balaban J connectivity index is 5.31. The number of hydrogen-bond donors (Lipinski definition) is 3. The monoisotopic (exact) mass is 1340 g/mol. The first kappa shape index (κ1) is 89.0. The lowest BCUT2D eigenvalue weighted by Crippen LogP contribution is -2.30. The number of aliphatic hydroxyl groups is 1. The summed E-state index contributed by atoms with van der Waals surface area (Å²) in [6.45, 7) is 7.10. The number of allylic oxidation sites excluding steroid dienone is 8. The molecule has 2 unspecified atom stereocenters. The van der Waals surface area contributed by atoms with E-state index in [1.54, 1.807) is 0 Å². The zero-order valence-corrected chi connectivity index (χ0v) is 60.4. The largest absolute Gasteiger partial charge is 0.472 e. The Bertz CT molecular complexity index is 1960. The normalized spacial score (nSPS) is 14.4. The van der Waals surface area contributed by atoms with E-state index >= 15 is 0 Å². The molecule has 0 heterocycles. The third-order valence-electron chi connectivity index (χ3n) is 15.8. The van der Waals surface area contributed by atoms with Crippen molar-refractivity contribution in [1.82, 2.24) is 0 Å². The first-order valence-corrected chi connectivity index (χ1v) is 39.8. The van der Waals surface area contributed by atoms with E-state index in [1.807, 2.05) is 0 Å². The zero-order valence-electron chi connectivity index (χ0n) is 58.6. The van der Waals surface area contributed by atoms with Crippen molar-refractivity contribution in [2.45, 2.75) is 348 Å². The van der Waals surface area contributed by atoms with Gasteiger partial charge in [-0.1, -0.05) is 276 Å². The fourth-order valence-electron chi connectivity index (χ4n) is 10.1. The molecule has 0 aromatic carbocycles. The summed E-state index contributed by atoms with van der Waals surface area (Å²) in [6, 6.07) is 0. The standard InChI is InChI=1S/C73H134O17P2/c1-6-9-12-15-18-21-23-25-27-29-31-37-42-47-52-57-71(76)84-63-69(89-72(77)58-53-48-43-38-32-30-28-26-24-22-19-16-13-10-7-2)65-88-92(81,82)86-61-67(74)60-85-91(79,80)87-64-68(62-83-70(75)56-51-46-41-35-20-17-14-11-8-3)90-73(78)59-54-49-44-39-34-33-36-40-45-50-55-66(4)5/h21-28,66-69,74H,6-20,29-65H2,1-5H3,(H,79,80)(H,81,82)/b23-21-,24-22-,27-25-,28-26-/t67-,68+,69+/m0/s1. The van der Waals surface area contributed by atoms with Crippen LogP contribution in [0.1, 0.15) is 330 Å². The highest BCUT2D eigenvalue weighted by molar-refractivity contribution is 7.47. The molecule has 0 saturated heterocycles. The van der Waals surface area contributed by atoms with E-state index in [2.05, 4.69) is 83.2 Å². The maximum atomic E-state index is 13.0. The smallest absolute Gasteiger partial charge is 0.462 e. The quantitative estimate of drug-likeness (QED) is 0.0169. The maximum absolute atomic E-state index is 13.0. The Hall–Kier alpha value is -2.98. The molecule has 0 rings (SSSR count). The summed E-state index contributed by atoms with van der Waals surface area (Å²) in [4.78, 5) is 72.6. The molecule has 0 aliphatic carbocycles. The summed E-state index contributed by atoms with van der Waals surface area (Å²) in [5.74, 6) is -1.43. The minimum absolute atomic E-state index is 0.0782. The Labute approximate surface area is 559 Å². The van der Waals surface area contributed by atoms with Crippen LogP contribution in [0.3, 0.4) is 0 Å². The van der Waals surface area contributed by atoms with Crippen molar-refractivity contribution in [3.63, 3.8) is 0 Å². The zero-order chi connectivity index (χ0) is 67.7. The number of carbonyl (C=O) groups is 4. The van der Waals surface area contributed by atoms with Crippen LogP contribution in [0, 0.1) is 5.92 Å². The van der Waals surface area contributed by atoms with Gasteiger partial charge in [-0.3, -0.25) is 37.3 Å². The highest BCUT2D eigenvalue weighted by Crippen LogP contribution is 2.45. The van der Waals surface area contributed by atoms with Crippen molar-refractivity contribution >= 4 is 39.5 Å². The van der Waals surface area contributed by atoms with Crippen molar-refractivity contribution in [2.24, 2.45) is 5.92 Å². The third-order valence-corrected chi connectivity index (χ3v) is 17.7. The number of esters is 4. The number of carbonyl (C=O) groups excluding carboxylic acids is 4. The van der Waals surface area contributed by atoms with Gasteiger partial charge in [0.15, 0.2) is 12.2 Å². The van der Waals surface area contributed by atoms with Crippen LogP contribution in [0.2, 0.25) is 0 Å². The predicted molar refractivity (Wildman–Crippen MR) is 372 cm³/mol. The highest BCUT2D eigenvalue weighted by Gasteiger charge is 2.30. The van der Waals surface area contributed by atoms with E-state index in [4.69, 9.17) is 37.0 Å². The molecule has 92 heavy (non-hydrogen) atoms. The summed E-state index contributed by atoms with van der Waals surface area (Å²) >= 11 is 0. The highest BCUT2D eigenvalue weighted by atomic mass is 31.2. The van der Waals surface area contributed by atoms with Gasteiger partial charge in [0.2, 0.25) is 0 Å². The molecule has 0 aliphatic heterocycles. The lowest BCUT2D eigenvalue weighted by molar-refractivity contribution is -0.161. The molecule has 0 aromatic rings. The molecule has 3 N–H and O–H groups in total. The fourth-order valence-corrected chi connectivity index (χ4v) is 11.7. The van der Waals surface area contributed by atoms with Crippen LogP contribution >= 0.6 is 15.6 Å².